The number of imidazole rings is 1. The van der Waals surface area contributed by atoms with Gasteiger partial charge in [-0.25, -0.2) is 15.0 Å². The molecule has 116 valence electrons. The van der Waals surface area contributed by atoms with Gasteiger partial charge in [-0.15, -0.1) is 22.7 Å². The van der Waals surface area contributed by atoms with Crippen LogP contribution in [0.3, 0.4) is 0 Å². The third-order valence-electron chi connectivity index (χ3n) is 4.26. The molecule has 1 aliphatic carbocycles. The second kappa shape index (κ2) is 5.01. The third kappa shape index (κ3) is 2.14. The van der Waals surface area contributed by atoms with Crippen molar-refractivity contribution in [3.05, 3.63) is 39.7 Å². The van der Waals surface area contributed by atoms with Crippen molar-refractivity contribution in [2.75, 3.05) is 5.32 Å². The van der Waals surface area contributed by atoms with Gasteiger partial charge in [0.25, 0.3) is 0 Å². The number of anilines is 1. The Balaban J connectivity index is 1.53. The molecule has 0 bridgehead atoms. The average molecular weight is 341 g/mol. The van der Waals surface area contributed by atoms with Crippen LogP contribution < -0.4 is 5.32 Å². The van der Waals surface area contributed by atoms with Crippen molar-refractivity contribution >= 4 is 43.7 Å². The Hall–Kier alpha value is -1.99. The number of aryl methyl sites for hydroxylation is 3. The van der Waals surface area contributed by atoms with E-state index in [9.17, 15) is 0 Å². The Kier molecular flexibility index (Phi) is 2.93. The van der Waals surface area contributed by atoms with E-state index in [-0.39, 0.29) is 0 Å². The van der Waals surface area contributed by atoms with E-state index in [1.807, 2.05) is 29.8 Å². The molecule has 0 spiro atoms. The molecular formula is C16H15N5S2. The Morgan fingerprint density at radius 1 is 1.26 bits per heavy atom. The summed E-state index contributed by atoms with van der Waals surface area (Å²) in [6, 6.07) is 0. The summed E-state index contributed by atoms with van der Waals surface area (Å²) in [4.78, 5) is 17.6. The molecule has 0 saturated carbocycles. The summed E-state index contributed by atoms with van der Waals surface area (Å²) in [5.74, 6) is 1.79. The predicted octanol–water partition coefficient (Wildman–Crippen LogP) is 3.81. The summed E-state index contributed by atoms with van der Waals surface area (Å²) in [6.07, 6.45) is 7.70. The van der Waals surface area contributed by atoms with Crippen molar-refractivity contribution in [2.45, 2.75) is 32.7 Å². The zero-order chi connectivity index (χ0) is 15.4. The highest BCUT2D eigenvalue weighted by atomic mass is 32.1. The van der Waals surface area contributed by atoms with Crippen LogP contribution in [0.4, 0.5) is 5.82 Å². The van der Waals surface area contributed by atoms with Gasteiger partial charge in [0.15, 0.2) is 4.96 Å². The van der Waals surface area contributed by atoms with Gasteiger partial charge in [-0.3, -0.25) is 4.40 Å². The maximum absolute atomic E-state index is 4.66. The number of nitrogens with one attached hydrogen (secondary N) is 1. The van der Waals surface area contributed by atoms with E-state index in [0.717, 1.165) is 33.5 Å². The molecular weight excluding hydrogens is 326 g/mol. The van der Waals surface area contributed by atoms with Crippen molar-refractivity contribution in [1.29, 1.82) is 0 Å². The molecule has 1 N–H and O–H groups in total. The van der Waals surface area contributed by atoms with Gasteiger partial charge in [0.05, 0.1) is 17.6 Å². The zero-order valence-corrected chi connectivity index (χ0v) is 14.3. The number of hydrogen-bond acceptors (Lipinski definition) is 6. The van der Waals surface area contributed by atoms with Gasteiger partial charge in [0.2, 0.25) is 0 Å². The average Bonchev–Trinajstić information content (AvgIpc) is 3.23. The van der Waals surface area contributed by atoms with Crippen molar-refractivity contribution in [3.63, 3.8) is 0 Å². The van der Waals surface area contributed by atoms with Crippen molar-refractivity contribution in [3.8, 4) is 0 Å². The summed E-state index contributed by atoms with van der Waals surface area (Å²) in [5, 5.41) is 6.77. The van der Waals surface area contributed by atoms with Gasteiger partial charge in [-0.05, 0) is 31.7 Å². The molecule has 0 aromatic carbocycles. The van der Waals surface area contributed by atoms with Crippen LogP contribution >= 0.6 is 22.7 Å². The minimum atomic E-state index is 0.685. The van der Waals surface area contributed by atoms with Gasteiger partial charge in [-0.1, -0.05) is 0 Å². The van der Waals surface area contributed by atoms with E-state index in [1.165, 1.54) is 28.7 Å². The molecule has 0 unspecified atom stereocenters. The zero-order valence-electron chi connectivity index (χ0n) is 12.7. The Morgan fingerprint density at radius 2 is 2.22 bits per heavy atom. The van der Waals surface area contributed by atoms with Crippen LogP contribution in [0.1, 0.15) is 28.4 Å². The monoisotopic (exact) mass is 341 g/mol. The summed E-state index contributed by atoms with van der Waals surface area (Å²) >= 11 is 3.49. The molecule has 4 aromatic rings. The van der Waals surface area contributed by atoms with Crippen LogP contribution in [0.5, 0.6) is 0 Å². The van der Waals surface area contributed by atoms with Gasteiger partial charge >= 0.3 is 0 Å². The lowest BCUT2D eigenvalue weighted by molar-refractivity contribution is 0.916. The lowest BCUT2D eigenvalue weighted by Gasteiger charge is -2.07. The van der Waals surface area contributed by atoms with Gasteiger partial charge < -0.3 is 5.32 Å². The van der Waals surface area contributed by atoms with Gasteiger partial charge in [0, 0.05) is 22.7 Å². The number of nitrogens with zero attached hydrogens (tertiary/aromatic N) is 4. The van der Waals surface area contributed by atoms with E-state index < -0.39 is 0 Å². The largest absolute Gasteiger partial charge is 0.364 e. The number of hydrogen-bond donors (Lipinski definition) is 1. The lowest BCUT2D eigenvalue weighted by atomic mass is 10.2. The van der Waals surface area contributed by atoms with Gasteiger partial charge in [0.1, 0.15) is 16.5 Å². The molecule has 0 saturated heterocycles. The molecule has 0 atom stereocenters. The Bertz CT molecular complexity index is 998. The maximum atomic E-state index is 4.66. The highest BCUT2D eigenvalue weighted by Crippen LogP contribution is 2.39. The van der Waals surface area contributed by atoms with Crippen LogP contribution in [0.25, 0.3) is 15.2 Å². The summed E-state index contributed by atoms with van der Waals surface area (Å²) in [7, 11) is 0. The van der Waals surface area contributed by atoms with E-state index in [4.69, 9.17) is 0 Å². The molecule has 0 aliphatic heterocycles. The number of fused-ring (bicyclic) bond motifs is 4. The van der Waals surface area contributed by atoms with Crippen LogP contribution in [0.2, 0.25) is 0 Å². The van der Waals surface area contributed by atoms with Crippen molar-refractivity contribution < 1.29 is 0 Å². The lowest BCUT2D eigenvalue weighted by Crippen LogP contribution is -2.04. The molecule has 4 aromatic heterocycles. The van der Waals surface area contributed by atoms with Crippen LogP contribution in [0.15, 0.2) is 17.8 Å². The normalized spacial score (nSPS) is 14.0. The van der Waals surface area contributed by atoms with Crippen molar-refractivity contribution in [1.82, 2.24) is 19.4 Å². The fourth-order valence-electron chi connectivity index (χ4n) is 3.27. The smallest absolute Gasteiger partial charge is 0.193 e. The summed E-state index contributed by atoms with van der Waals surface area (Å²) < 4.78 is 2.06. The first-order chi connectivity index (χ1) is 11.3. The van der Waals surface area contributed by atoms with Crippen LogP contribution in [-0.4, -0.2) is 19.4 Å². The number of aromatic nitrogens is 4. The quantitative estimate of drug-likeness (QED) is 0.616. The van der Waals surface area contributed by atoms with E-state index in [0.29, 0.717) is 6.54 Å². The fraction of sp³-hybridized carbons (Fsp3) is 0.312. The van der Waals surface area contributed by atoms with E-state index in [1.54, 1.807) is 11.3 Å². The Morgan fingerprint density at radius 3 is 3.13 bits per heavy atom. The predicted molar refractivity (Wildman–Crippen MR) is 94.6 cm³/mol. The second-order valence-corrected chi connectivity index (χ2v) is 7.79. The van der Waals surface area contributed by atoms with E-state index >= 15 is 0 Å². The van der Waals surface area contributed by atoms with Crippen molar-refractivity contribution in [2.24, 2.45) is 0 Å². The number of thiophene rings is 1. The number of rotatable bonds is 3. The molecule has 5 nitrogen and oxygen atoms in total. The molecule has 7 heteroatoms. The first-order valence-electron chi connectivity index (χ1n) is 7.72. The maximum Gasteiger partial charge on any atom is 0.193 e. The molecule has 23 heavy (non-hydrogen) atoms. The SMILES string of the molecule is Cc1nc(NCc2cn3ccsc3n2)c2c3c(sc2n1)CCC3. The first-order valence-corrected chi connectivity index (χ1v) is 9.41. The topological polar surface area (TPSA) is 55.1 Å². The number of thiazole rings is 1. The second-order valence-electron chi connectivity index (χ2n) is 5.84. The molecule has 1 aliphatic rings. The molecule has 0 fully saturated rings. The Labute approximate surface area is 141 Å². The molecule has 4 heterocycles. The highest BCUT2D eigenvalue weighted by Gasteiger charge is 2.21. The van der Waals surface area contributed by atoms with Crippen LogP contribution in [-0.2, 0) is 19.4 Å². The van der Waals surface area contributed by atoms with Crippen LogP contribution in [0, 0.1) is 6.92 Å². The highest BCUT2D eigenvalue weighted by molar-refractivity contribution is 7.19. The minimum Gasteiger partial charge on any atom is -0.364 e. The van der Waals surface area contributed by atoms with E-state index in [2.05, 4.69) is 30.9 Å². The molecule has 5 rings (SSSR count). The van der Waals surface area contributed by atoms with Gasteiger partial charge in [-0.2, -0.15) is 0 Å². The fourth-order valence-corrected chi connectivity index (χ4v) is 5.29. The minimum absolute atomic E-state index is 0.685. The standard InChI is InChI=1S/C16H15N5S2/c1-9-18-14(13-11-3-2-4-12(11)23-15(13)19-9)17-7-10-8-21-5-6-22-16(21)20-10/h5-6,8H,2-4,7H2,1H3,(H,17,18,19). The first kappa shape index (κ1) is 13.4. The summed E-state index contributed by atoms with van der Waals surface area (Å²) in [6.45, 7) is 2.65. The molecule has 0 radical (unpaired) electrons. The summed E-state index contributed by atoms with van der Waals surface area (Å²) in [5.41, 5.74) is 2.49. The molecule has 0 amide bonds. The third-order valence-corrected chi connectivity index (χ3v) is 6.21.